The van der Waals surface area contributed by atoms with Gasteiger partial charge in [-0.05, 0) is 6.08 Å². The lowest BCUT2D eigenvalue weighted by atomic mass is 10.2. The predicted octanol–water partition coefficient (Wildman–Crippen LogP) is -0.250. The molecule has 0 bridgehead atoms. The first kappa shape index (κ1) is 9.57. The van der Waals surface area contributed by atoms with Gasteiger partial charge in [-0.25, -0.2) is 5.01 Å². The Morgan fingerprint density at radius 3 is 2.87 bits per heavy atom. The molecule has 0 spiro atoms. The Balaban J connectivity index is 2.29. The highest BCUT2D eigenvalue weighted by molar-refractivity contribution is 5.89. The van der Waals surface area contributed by atoms with Crippen LogP contribution < -0.4 is 5.73 Å². The van der Waals surface area contributed by atoms with Crippen LogP contribution in [0.2, 0.25) is 0 Å². The number of allylic oxidation sites excluding steroid dienone is 2. The fraction of sp³-hybridized carbons (Fsp3) is 0.333. The fourth-order valence-electron chi connectivity index (χ4n) is 1.45. The van der Waals surface area contributed by atoms with Gasteiger partial charge in [0.2, 0.25) is 5.96 Å². The molecule has 0 atom stereocenters. The van der Waals surface area contributed by atoms with Crippen molar-refractivity contribution in [2.45, 2.75) is 0 Å². The van der Waals surface area contributed by atoms with E-state index in [1.54, 1.807) is 16.2 Å². The first-order valence-electron chi connectivity index (χ1n) is 4.60. The van der Waals surface area contributed by atoms with Crippen molar-refractivity contribution in [1.29, 1.82) is 0 Å². The minimum Gasteiger partial charge on any atom is -0.383 e. The van der Waals surface area contributed by atoms with Crippen LogP contribution in [0, 0.1) is 0 Å². The largest absolute Gasteiger partial charge is 0.383 e. The Morgan fingerprint density at radius 2 is 2.20 bits per heavy atom. The van der Waals surface area contributed by atoms with Gasteiger partial charge in [0.15, 0.2) is 5.82 Å². The van der Waals surface area contributed by atoms with Gasteiger partial charge in [0.05, 0.1) is 6.21 Å². The molecule has 2 aliphatic rings. The van der Waals surface area contributed by atoms with Gasteiger partial charge in [0, 0.05) is 32.9 Å². The second-order valence-corrected chi connectivity index (χ2v) is 3.63. The Kier molecular flexibility index (Phi) is 2.11. The van der Waals surface area contributed by atoms with Gasteiger partial charge >= 0.3 is 0 Å². The molecular weight excluding hydrogens is 192 g/mol. The summed E-state index contributed by atoms with van der Waals surface area (Å²) in [6.45, 7) is 0. The molecule has 6 nitrogen and oxygen atoms in total. The molecule has 0 fully saturated rings. The van der Waals surface area contributed by atoms with E-state index in [-0.39, 0.29) is 0 Å². The molecule has 6 heteroatoms. The molecule has 0 aromatic carbocycles. The summed E-state index contributed by atoms with van der Waals surface area (Å²) in [6, 6.07) is 0. The third kappa shape index (κ3) is 1.65. The SMILES string of the molecule is CN(C)C=C1C=NN2C(=C1)N(C)N=C2N. The lowest BCUT2D eigenvalue weighted by Gasteiger charge is -2.20. The van der Waals surface area contributed by atoms with E-state index in [1.807, 2.05) is 38.3 Å². The van der Waals surface area contributed by atoms with Crippen LogP contribution in [0.1, 0.15) is 0 Å². The molecule has 0 saturated carbocycles. The van der Waals surface area contributed by atoms with E-state index < -0.39 is 0 Å². The Morgan fingerprint density at radius 1 is 1.47 bits per heavy atom. The number of rotatable bonds is 1. The maximum Gasteiger partial charge on any atom is 0.241 e. The number of hydrazone groups is 2. The first-order chi connectivity index (χ1) is 7.08. The fourth-order valence-corrected chi connectivity index (χ4v) is 1.45. The molecule has 0 aliphatic carbocycles. The molecule has 0 radical (unpaired) electrons. The van der Waals surface area contributed by atoms with E-state index in [9.17, 15) is 0 Å². The van der Waals surface area contributed by atoms with Crippen molar-refractivity contribution in [3.05, 3.63) is 23.7 Å². The van der Waals surface area contributed by atoms with Crippen molar-refractivity contribution < 1.29 is 0 Å². The zero-order valence-corrected chi connectivity index (χ0v) is 9.05. The Hall–Kier alpha value is -1.98. The zero-order valence-electron chi connectivity index (χ0n) is 9.05. The normalized spacial score (nSPS) is 21.7. The molecule has 0 aromatic heterocycles. The van der Waals surface area contributed by atoms with Crippen LogP contribution in [0.5, 0.6) is 0 Å². The summed E-state index contributed by atoms with van der Waals surface area (Å²) < 4.78 is 0. The van der Waals surface area contributed by atoms with E-state index in [1.165, 1.54) is 0 Å². The van der Waals surface area contributed by atoms with Crippen LogP contribution in [-0.2, 0) is 0 Å². The average Bonchev–Trinajstić information content (AvgIpc) is 2.41. The smallest absolute Gasteiger partial charge is 0.241 e. The molecule has 0 amide bonds. The second-order valence-electron chi connectivity index (χ2n) is 3.63. The molecule has 0 aromatic rings. The van der Waals surface area contributed by atoms with Crippen LogP contribution in [0.15, 0.2) is 33.9 Å². The number of fused-ring (bicyclic) bond motifs is 1. The highest BCUT2D eigenvalue weighted by Crippen LogP contribution is 2.21. The first-order valence-corrected chi connectivity index (χ1v) is 4.60. The molecular formula is C9H14N6. The van der Waals surface area contributed by atoms with Gasteiger partial charge in [-0.3, -0.25) is 0 Å². The maximum atomic E-state index is 5.68. The van der Waals surface area contributed by atoms with Crippen LogP contribution in [0.4, 0.5) is 0 Å². The zero-order chi connectivity index (χ0) is 11.0. The minimum atomic E-state index is 0.393. The molecule has 0 unspecified atom stereocenters. The summed E-state index contributed by atoms with van der Waals surface area (Å²) >= 11 is 0. The number of guanidine groups is 1. The van der Waals surface area contributed by atoms with Gasteiger partial charge in [-0.15, -0.1) is 5.10 Å². The third-order valence-corrected chi connectivity index (χ3v) is 2.04. The van der Waals surface area contributed by atoms with Crippen molar-refractivity contribution in [3.63, 3.8) is 0 Å². The summed E-state index contributed by atoms with van der Waals surface area (Å²) in [5, 5.41) is 11.6. The highest BCUT2D eigenvalue weighted by atomic mass is 15.7. The van der Waals surface area contributed by atoms with Crippen molar-refractivity contribution in [1.82, 2.24) is 14.9 Å². The summed E-state index contributed by atoms with van der Waals surface area (Å²) in [7, 11) is 5.77. The second kappa shape index (κ2) is 3.30. The minimum absolute atomic E-state index is 0.393. The summed E-state index contributed by atoms with van der Waals surface area (Å²) in [4.78, 5) is 1.97. The van der Waals surface area contributed by atoms with Gasteiger partial charge < -0.3 is 10.6 Å². The van der Waals surface area contributed by atoms with Gasteiger partial charge in [0.25, 0.3) is 0 Å². The van der Waals surface area contributed by atoms with Crippen LogP contribution >= 0.6 is 0 Å². The van der Waals surface area contributed by atoms with Gasteiger partial charge in [-0.1, -0.05) is 0 Å². The number of hydrogen-bond donors (Lipinski definition) is 1. The summed E-state index contributed by atoms with van der Waals surface area (Å²) in [5.74, 6) is 1.26. The Labute approximate surface area is 88.6 Å². The van der Waals surface area contributed by atoms with Crippen molar-refractivity contribution >= 4 is 12.2 Å². The molecule has 2 N–H and O–H groups in total. The third-order valence-electron chi connectivity index (χ3n) is 2.04. The molecule has 0 saturated heterocycles. The van der Waals surface area contributed by atoms with Gasteiger partial charge in [0.1, 0.15) is 0 Å². The van der Waals surface area contributed by atoms with E-state index in [4.69, 9.17) is 5.73 Å². The van der Waals surface area contributed by atoms with E-state index >= 15 is 0 Å². The Bertz CT molecular complexity index is 389. The van der Waals surface area contributed by atoms with Crippen molar-refractivity contribution in [3.8, 4) is 0 Å². The molecule has 2 heterocycles. The van der Waals surface area contributed by atoms with E-state index in [0.29, 0.717) is 5.96 Å². The molecule has 15 heavy (non-hydrogen) atoms. The lowest BCUT2D eigenvalue weighted by molar-refractivity contribution is 0.377. The van der Waals surface area contributed by atoms with Gasteiger partial charge in [-0.2, -0.15) is 10.1 Å². The predicted molar refractivity (Wildman–Crippen MR) is 59.6 cm³/mol. The van der Waals surface area contributed by atoms with Crippen LogP contribution in [0.25, 0.3) is 0 Å². The summed E-state index contributed by atoms with van der Waals surface area (Å²) in [6.07, 6.45) is 5.72. The lowest BCUT2D eigenvalue weighted by Crippen LogP contribution is -2.30. The summed E-state index contributed by atoms with van der Waals surface area (Å²) in [5.41, 5.74) is 6.69. The van der Waals surface area contributed by atoms with E-state index in [2.05, 4.69) is 10.2 Å². The quantitative estimate of drug-likeness (QED) is 0.642. The number of hydrogen-bond acceptors (Lipinski definition) is 6. The van der Waals surface area contributed by atoms with Crippen LogP contribution in [-0.4, -0.2) is 48.2 Å². The van der Waals surface area contributed by atoms with Crippen molar-refractivity contribution in [2.75, 3.05) is 21.1 Å². The maximum absolute atomic E-state index is 5.68. The molecule has 2 aliphatic heterocycles. The van der Waals surface area contributed by atoms with E-state index in [0.717, 1.165) is 11.4 Å². The molecule has 2 rings (SSSR count). The highest BCUT2D eigenvalue weighted by Gasteiger charge is 2.26. The average molecular weight is 206 g/mol. The van der Waals surface area contributed by atoms with Crippen molar-refractivity contribution in [2.24, 2.45) is 15.9 Å². The van der Waals surface area contributed by atoms with Crippen LogP contribution in [0.3, 0.4) is 0 Å². The standard InChI is InChI=1S/C9H14N6/c1-13(2)6-7-4-8-14(3)12-9(10)15(8)11-5-7/h4-6H,1-3H3,(H2,10,12). The number of nitrogens with zero attached hydrogens (tertiary/aromatic N) is 5. The molecule has 80 valence electrons. The monoisotopic (exact) mass is 206 g/mol. The number of nitrogens with two attached hydrogens (primary N) is 1. The topological polar surface area (TPSA) is 60.5 Å².